The van der Waals surface area contributed by atoms with Crippen LogP contribution in [0.1, 0.15) is 16.1 Å². The first-order chi connectivity index (χ1) is 13.1. The van der Waals surface area contributed by atoms with Gasteiger partial charge in [-0.2, -0.15) is 0 Å². The maximum absolute atomic E-state index is 13.1. The number of anilines is 2. The van der Waals surface area contributed by atoms with Crippen molar-refractivity contribution in [1.29, 1.82) is 0 Å². The third-order valence-corrected chi connectivity index (χ3v) is 3.62. The van der Waals surface area contributed by atoms with Gasteiger partial charge in [0.2, 0.25) is 0 Å². The Balaban J connectivity index is 1.56. The van der Waals surface area contributed by atoms with Crippen LogP contribution >= 0.6 is 0 Å². The molecule has 2 aromatic carbocycles. The molecular formula is C20H17FN2O4. The van der Waals surface area contributed by atoms with Crippen molar-refractivity contribution < 1.29 is 23.1 Å². The van der Waals surface area contributed by atoms with Crippen molar-refractivity contribution in [3.63, 3.8) is 0 Å². The van der Waals surface area contributed by atoms with Gasteiger partial charge in [-0.05, 0) is 42.5 Å². The molecule has 0 radical (unpaired) electrons. The van der Waals surface area contributed by atoms with Gasteiger partial charge in [0, 0.05) is 11.4 Å². The zero-order valence-corrected chi connectivity index (χ0v) is 14.3. The zero-order valence-electron chi connectivity index (χ0n) is 14.3. The lowest BCUT2D eigenvalue weighted by atomic mass is 10.2. The Morgan fingerprint density at radius 3 is 2.67 bits per heavy atom. The minimum Gasteiger partial charge on any atom is -0.467 e. The fourth-order valence-electron chi connectivity index (χ4n) is 2.38. The summed E-state index contributed by atoms with van der Waals surface area (Å²) in [4.78, 5) is 24.2. The van der Waals surface area contributed by atoms with Gasteiger partial charge in [-0.25, -0.2) is 9.18 Å². The number of halogens is 1. The number of hydrogen-bond acceptors (Lipinski definition) is 5. The summed E-state index contributed by atoms with van der Waals surface area (Å²) >= 11 is 0. The molecule has 0 bridgehead atoms. The largest absolute Gasteiger partial charge is 0.467 e. The number of para-hydroxylation sites is 1. The van der Waals surface area contributed by atoms with Crippen LogP contribution in [0.25, 0.3) is 0 Å². The molecule has 0 aliphatic heterocycles. The van der Waals surface area contributed by atoms with Gasteiger partial charge >= 0.3 is 5.97 Å². The fraction of sp³-hybridized carbons (Fsp3) is 0.100. The van der Waals surface area contributed by atoms with Gasteiger partial charge < -0.3 is 19.8 Å². The Morgan fingerprint density at radius 2 is 1.89 bits per heavy atom. The van der Waals surface area contributed by atoms with Gasteiger partial charge in [0.05, 0.1) is 18.4 Å². The van der Waals surface area contributed by atoms with Crippen LogP contribution in [-0.4, -0.2) is 18.5 Å². The molecule has 0 spiro atoms. The Kier molecular flexibility index (Phi) is 5.84. The molecule has 0 saturated heterocycles. The van der Waals surface area contributed by atoms with Crippen LogP contribution in [0.2, 0.25) is 0 Å². The second-order valence-corrected chi connectivity index (χ2v) is 5.61. The number of benzene rings is 2. The van der Waals surface area contributed by atoms with Crippen LogP contribution in [0.5, 0.6) is 0 Å². The van der Waals surface area contributed by atoms with E-state index in [2.05, 4.69) is 10.6 Å². The van der Waals surface area contributed by atoms with E-state index in [9.17, 15) is 14.0 Å². The molecule has 3 aromatic rings. The number of hydrogen-bond donors (Lipinski definition) is 2. The highest BCUT2D eigenvalue weighted by atomic mass is 19.1. The van der Waals surface area contributed by atoms with Crippen molar-refractivity contribution in [1.82, 2.24) is 0 Å². The summed E-state index contributed by atoms with van der Waals surface area (Å²) < 4.78 is 23.4. The highest BCUT2D eigenvalue weighted by molar-refractivity contribution is 5.98. The summed E-state index contributed by atoms with van der Waals surface area (Å²) in [5.41, 5.74) is 1.14. The van der Waals surface area contributed by atoms with E-state index in [1.807, 2.05) is 6.07 Å². The van der Waals surface area contributed by atoms with Gasteiger partial charge in [-0.15, -0.1) is 0 Å². The molecule has 0 aliphatic rings. The van der Waals surface area contributed by atoms with Crippen LogP contribution < -0.4 is 10.6 Å². The number of ether oxygens (including phenoxy) is 1. The SMILES string of the molecule is O=C(COC(=O)c1ccccc1NCc1ccco1)Nc1cccc(F)c1. The fourth-order valence-corrected chi connectivity index (χ4v) is 2.38. The Hall–Kier alpha value is -3.61. The molecule has 0 saturated carbocycles. The quantitative estimate of drug-likeness (QED) is 0.620. The van der Waals surface area contributed by atoms with Gasteiger partial charge in [0.25, 0.3) is 5.91 Å². The normalized spacial score (nSPS) is 10.3. The van der Waals surface area contributed by atoms with E-state index in [1.54, 1.807) is 36.6 Å². The third kappa shape index (κ3) is 5.18. The predicted molar refractivity (Wildman–Crippen MR) is 97.8 cm³/mol. The number of esters is 1. The number of carbonyl (C=O) groups excluding carboxylic acids is 2. The molecule has 0 atom stereocenters. The number of rotatable bonds is 7. The molecule has 0 unspecified atom stereocenters. The van der Waals surface area contributed by atoms with Crippen LogP contribution in [0.15, 0.2) is 71.3 Å². The monoisotopic (exact) mass is 368 g/mol. The molecule has 7 heteroatoms. The topological polar surface area (TPSA) is 80.6 Å². The summed E-state index contributed by atoms with van der Waals surface area (Å²) in [5, 5.41) is 5.56. The Bertz CT molecular complexity index is 925. The summed E-state index contributed by atoms with van der Waals surface area (Å²) in [7, 11) is 0. The van der Waals surface area contributed by atoms with Crippen molar-refractivity contribution in [2.45, 2.75) is 6.54 Å². The van der Waals surface area contributed by atoms with Crippen molar-refractivity contribution in [2.24, 2.45) is 0 Å². The number of furan rings is 1. The molecule has 0 aliphatic carbocycles. The Labute approximate surface area is 155 Å². The number of amides is 1. The molecule has 1 amide bonds. The average molecular weight is 368 g/mol. The summed E-state index contributed by atoms with van der Waals surface area (Å²) in [6.45, 7) is -0.0841. The first-order valence-electron chi connectivity index (χ1n) is 8.19. The lowest BCUT2D eigenvalue weighted by Gasteiger charge is -2.11. The van der Waals surface area contributed by atoms with Crippen molar-refractivity contribution in [3.05, 3.63) is 84.1 Å². The van der Waals surface area contributed by atoms with E-state index >= 15 is 0 Å². The van der Waals surface area contributed by atoms with E-state index in [1.165, 1.54) is 24.3 Å². The first kappa shape index (κ1) is 18.2. The summed E-state index contributed by atoms with van der Waals surface area (Å²) in [6, 6.07) is 15.8. The van der Waals surface area contributed by atoms with E-state index in [-0.39, 0.29) is 5.69 Å². The Morgan fingerprint density at radius 1 is 1.04 bits per heavy atom. The van der Waals surface area contributed by atoms with E-state index < -0.39 is 24.3 Å². The van der Waals surface area contributed by atoms with E-state index in [0.29, 0.717) is 23.6 Å². The zero-order chi connectivity index (χ0) is 19.1. The van der Waals surface area contributed by atoms with Gasteiger partial charge in [-0.3, -0.25) is 4.79 Å². The molecule has 27 heavy (non-hydrogen) atoms. The van der Waals surface area contributed by atoms with E-state index in [4.69, 9.17) is 9.15 Å². The number of carbonyl (C=O) groups is 2. The molecule has 1 aromatic heterocycles. The number of nitrogens with one attached hydrogen (secondary N) is 2. The summed E-state index contributed by atoms with van der Waals surface area (Å²) in [5.74, 6) is -0.962. The van der Waals surface area contributed by atoms with Crippen LogP contribution in [0, 0.1) is 5.82 Å². The van der Waals surface area contributed by atoms with Gasteiger partial charge in [0.15, 0.2) is 6.61 Å². The molecular weight excluding hydrogens is 351 g/mol. The minimum absolute atomic E-state index is 0.288. The molecule has 138 valence electrons. The molecule has 2 N–H and O–H groups in total. The summed E-state index contributed by atoms with van der Waals surface area (Å²) in [6.07, 6.45) is 1.56. The second-order valence-electron chi connectivity index (χ2n) is 5.61. The van der Waals surface area contributed by atoms with Gasteiger partial charge in [0.1, 0.15) is 11.6 Å². The maximum atomic E-state index is 13.1. The maximum Gasteiger partial charge on any atom is 0.340 e. The highest BCUT2D eigenvalue weighted by Gasteiger charge is 2.14. The molecule has 3 rings (SSSR count). The van der Waals surface area contributed by atoms with Crippen LogP contribution in [0.4, 0.5) is 15.8 Å². The van der Waals surface area contributed by atoms with Gasteiger partial charge in [-0.1, -0.05) is 18.2 Å². The standard InChI is InChI=1S/C20H17FN2O4/c21-14-5-3-6-15(11-14)23-19(24)13-27-20(25)17-8-1-2-9-18(17)22-12-16-7-4-10-26-16/h1-11,22H,12-13H2,(H,23,24). The minimum atomic E-state index is -0.646. The van der Waals surface area contributed by atoms with Crippen LogP contribution in [0.3, 0.4) is 0 Å². The second kappa shape index (κ2) is 8.66. The molecule has 1 heterocycles. The average Bonchev–Trinajstić information content (AvgIpc) is 3.18. The first-order valence-corrected chi connectivity index (χ1v) is 8.19. The van der Waals surface area contributed by atoms with Crippen LogP contribution in [-0.2, 0) is 16.1 Å². The third-order valence-electron chi connectivity index (χ3n) is 3.62. The van der Waals surface area contributed by atoms with Crippen molar-refractivity contribution in [2.75, 3.05) is 17.2 Å². The van der Waals surface area contributed by atoms with E-state index in [0.717, 1.165) is 0 Å². The lowest BCUT2D eigenvalue weighted by Crippen LogP contribution is -2.21. The smallest absolute Gasteiger partial charge is 0.340 e. The van der Waals surface area contributed by atoms with Crippen molar-refractivity contribution in [3.8, 4) is 0 Å². The molecule has 0 fully saturated rings. The molecule has 6 nitrogen and oxygen atoms in total. The lowest BCUT2D eigenvalue weighted by molar-refractivity contribution is -0.119. The van der Waals surface area contributed by atoms with Crippen molar-refractivity contribution >= 4 is 23.3 Å². The predicted octanol–water partition coefficient (Wildman–Crippen LogP) is 3.83. The highest BCUT2D eigenvalue weighted by Crippen LogP contribution is 2.17.